The molecule has 0 saturated heterocycles. The molecule has 5 heteroatoms. The summed E-state index contributed by atoms with van der Waals surface area (Å²) < 4.78 is 21.4. The van der Waals surface area contributed by atoms with Crippen LogP contribution in [0.1, 0.15) is 16.1 Å². The van der Waals surface area contributed by atoms with Gasteiger partial charge in [0.1, 0.15) is 0 Å². The quantitative estimate of drug-likeness (QED) is 0.672. The average Bonchev–Trinajstić information content (AvgIpc) is 3.04. The summed E-state index contributed by atoms with van der Waals surface area (Å²) in [5.74, 6) is 1.66. The van der Waals surface area contributed by atoms with Crippen molar-refractivity contribution in [2.75, 3.05) is 21.3 Å². The Morgan fingerprint density at radius 2 is 1.61 bits per heavy atom. The normalized spacial score (nSPS) is 10.6. The standard InChI is InChI=1S/C18H16O5/c1-20-13-8-7-11(9-15(13)22-3)17(19)16-10-12-5-4-6-14(21-2)18(12)23-16/h4-10H,1-3H3. The van der Waals surface area contributed by atoms with Crippen LogP contribution >= 0.6 is 0 Å². The van der Waals surface area contributed by atoms with Crippen LogP contribution in [0.25, 0.3) is 11.0 Å². The maximum Gasteiger partial charge on any atom is 0.228 e. The van der Waals surface area contributed by atoms with E-state index in [-0.39, 0.29) is 11.5 Å². The Kier molecular flexibility index (Phi) is 3.93. The van der Waals surface area contributed by atoms with Gasteiger partial charge in [0.05, 0.1) is 21.3 Å². The number of carbonyl (C=O) groups excluding carboxylic acids is 1. The van der Waals surface area contributed by atoms with Crippen molar-refractivity contribution in [2.45, 2.75) is 0 Å². The van der Waals surface area contributed by atoms with E-state index in [2.05, 4.69) is 0 Å². The van der Waals surface area contributed by atoms with E-state index in [0.29, 0.717) is 28.4 Å². The highest BCUT2D eigenvalue weighted by molar-refractivity contribution is 6.09. The molecule has 0 aliphatic carbocycles. The van der Waals surface area contributed by atoms with Crippen molar-refractivity contribution in [3.8, 4) is 17.2 Å². The van der Waals surface area contributed by atoms with Gasteiger partial charge in [0.25, 0.3) is 0 Å². The number of ketones is 1. The summed E-state index contributed by atoms with van der Waals surface area (Å²) in [6.07, 6.45) is 0. The molecule has 0 fully saturated rings. The fourth-order valence-corrected chi connectivity index (χ4v) is 2.43. The van der Waals surface area contributed by atoms with Crippen molar-refractivity contribution in [1.82, 2.24) is 0 Å². The third-order valence-electron chi connectivity index (χ3n) is 3.60. The highest BCUT2D eigenvalue weighted by atomic mass is 16.5. The highest BCUT2D eigenvalue weighted by Crippen LogP contribution is 2.31. The second-order valence-corrected chi connectivity index (χ2v) is 4.89. The van der Waals surface area contributed by atoms with Gasteiger partial charge in [-0.15, -0.1) is 0 Å². The first-order chi connectivity index (χ1) is 11.2. The van der Waals surface area contributed by atoms with Crippen LogP contribution in [0.15, 0.2) is 46.9 Å². The van der Waals surface area contributed by atoms with E-state index in [1.807, 2.05) is 12.1 Å². The van der Waals surface area contributed by atoms with Crippen LogP contribution in [-0.4, -0.2) is 27.1 Å². The molecule has 3 aromatic rings. The van der Waals surface area contributed by atoms with Crippen molar-refractivity contribution < 1.29 is 23.4 Å². The maximum absolute atomic E-state index is 12.7. The lowest BCUT2D eigenvalue weighted by Crippen LogP contribution is -2.01. The van der Waals surface area contributed by atoms with Gasteiger partial charge in [-0.2, -0.15) is 0 Å². The molecule has 0 saturated carbocycles. The van der Waals surface area contributed by atoms with Crippen molar-refractivity contribution >= 4 is 16.8 Å². The molecular formula is C18H16O5. The predicted octanol–water partition coefficient (Wildman–Crippen LogP) is 3.69. The second-order valence-electron chi connectivity index (χ2n) is 4.89. The van der Waals surface area contributed by atoms with Gasteiger partial charge in [-0.05, 0) is 30.3 Å². The van der Waals surface area contributed by atoms with Gasteiger partial charge in [0.2, 0.25) is 5.78 Å². The molecule has 0 aliphatic rings. The number of ether oxygens (including phenoxy) is 3. The summed E-state index contributed by atoms with van der Waals surface area (Å²) in [6, 6.07) is 12.2. The molecule has 0 unspecified atom stereocenters. The third-order valence-corrected chi connectivity index (χ3v) is 3.60. The predicted molar refractivity (Wildman–Crippen MR) is 85.7 cm³/mol. The summed E-state index contributed by atoms with van der Waals surface area (Å²) >= 11 is 0. The van der Waals surface area contributed by atoms with Crippen LogP contribution < -0.4 is 14.2 Å². The third kappa shape index (κ3) is 2.61. The second kappa shape index (κ2) is 6.04. The number of fused-ring (bicyclic) bond motifs is 1. The van der Waals surface area contributed by atoms with Crippen LogP contribution in [0.3, 0.4) is 0 Å². The van der Waals surface area contributed by atoms with E-state index in [1.165, 1.54) is 7.11 Å². The molecule has 23 heavy (non-hydrogen) atoms. The van der Waals surface area contributed by atoms with E-state index < -0.39 is 0 Å². The topological polar surface area (TPSA) is 57.9 Å². The Hall–Kier alpha value is -2.95. The summed E-state index contributed by atoms with van der Waals surface area (Å²) in [6.45, 7) is 0. The first kappa shape index (κ1) is 15.0. The minimum Gasteiger partial charge on any atom is -0.493 e. The lowest BCUT2D eigenvalue weighted by molar-refractivity contribution is 0.101. The molecule has 118 valence electrons. The van der Waals surface area contributed by atoms with E-state index >= 15 is 0 Å². The Bertz CT molecular complexity index is 863. The summed E-state index contributed by atoms with van der Waals surface area (Å²) in [5, 5.41) is 0.813. The van der Waals surface area contributed by atoms with Crippen LogP contribution in [0.2, 0.25) is 0 Å². The Morgan fingerprint density at radius 3 is 2.30 bits per heavy atom. The van der Waals surface area contributed by atoms with Crippen molar-refractivity contribution in [3.63, 3.8) is 0 Å². The van der Waals surface area contributed by atoms with E-state index in [1.54, 1.807) is 44.6 Å². The number of hydrogen-bond acceptors (Lipinski definition) is 5. The van der Waals surface area contributed by atoms with Crippen LogP contribution in [-0.2, 0) is 0 Å². The Labute approximate surface area is 133 Å². The van der Waals surface area contributed by atoms with Gasteiger partial charge in [0.15, 0.2) is 28.6 Å². The Morgan fingerprint density at radius 1 is 0.870 bits per heavy atom. The zero-order valence-electron chi connectivity index (χ0n) is 13.1. The first-order valence-electron chi connectivity index (χ1n) is 7.01. The number of para-hydroxylation sites is 1. The molecule has 0 N–H and O–H groups in total. The largest absolute Gasteiger partial charge is 0.493 e. The minimum absolute atomic E-state index is 0.232. The number of rotatable bonds is 5. The highest BCUT2D eigenvalue weighted by Gasteiger charge is 2.18. The number of furan rings is 1. The van der Waals surface area contributed by atoms with Gasteiger partial charge >= 0.3 is 0 Å². The molecule has 2 aromatic carbocycles. The number of hydrogen-bond donors (Lipinski definition) is 0. The lowest BCUT2D eigenvalue weighted by atomic mass is 10.1. The first-order valence-corrected chi connectivity index (χ1v) is 7.01. The van der Waals surface area contributed by atoms with Gasteiger partial charge in [-0.1, -0.05) is 12.1 Å². The molecule has 0 amide bonds. The fraction of sp³-hybridized carbons (Fsp3) is 0.167. The molecule has 0 atom stereocenters. The molecule has 1 aromatic heterocycles. The molecule has 0 bridgehead atoms. The van der Waals surface area contributed by atoms with Crippen molar-refractivity contribution in [2.24, 2.45) is 0 Å². The van der Waals surface area contributed by atoms with E-state index in [0.717, 1.165) is 5.39 Å². The molecule has 0 aliphatic heterocycles. The van der Waals surface area contributed by atoms with Crippen LogP contribution in [0.5, 0.6) is 17.2 Å². The molecule has 3 rings (SSSR count). The van der Waals surface area contributed by atoms with Crippen LogP contribution in [0.4, 0.5) is 0 Å². The van der Waals surface area contributed by atoms with Gasteiger partial charge in [-0.3, -0.25) is 4.79 Å². The summed E-state index contributed by atoms with van der Waals surface area (Å²) in [4.78, 5) is 12.7. The molecule has 1 heterocycles. The van der Waals surface area contributed by atoms with Gasteiger partial charge in [0, 0.05) is 10.9 Å². The molecular weight excluding hydrogens is 296 g/mol. The Balaban J connectivity index is 2.03. The number of carbonyl (C=O) groups is 1. The monoisotopic (exact) mass is 312 g/mol. The van der Waals surface area contributed by atoms with Crippen molar-refractivity contribution in [3.05, 3.63) is 53.8 Å². The maximum atomic E-state index is 12.7. The SMILES string of the molecule is COc1ccc(C(=O)c2cc3cccc(OC)c3o2)cc1OC. The van der Waals surface area contributed by atoms with Crippen molar-refractivity contribution in [1.29, 1.82) is 0 Å². The molecule has 5 nitrogen and oxygen atoms in total. The smallest absolute Gasteiger partial charge is 0.228 e. The molecule has 0 radical (unpaired) electrons. The summed E-state index contributed by atoms with van der Waals surface area (Å²) in [7, 11) is 4.64. The summed E-state index contributed by atoms with van der Waals surface area (Å²) in [5.41, 5.74) is 1.01. The number of methoxy groups -OCH3 is 3. The lowest BCUT2D eigenvalue weighted by Gasteiger charge is -2.08. The van der Waals surface area contributed by atoms with Gasteiger partial charge in [-0.25, -0.2) is 0 Å². The van der Waals surface area contributed by atoms with E-state index in [4.69, 9.17) is 18.6 Å². The van der Waals surface area contributed by atoms with Crippen LogP contribution in [0, 0.1) is 0 Å². The zero-order valence-corrected chi connectivity index (χ0v) is 13.1. The molecule has 0 spiro atoms. The zero-order chi connectivity index (χ0) is 16.4. The van der Waals surface area contributed by atoms with Gasteiger partial charge < -0.3 is 18.6 Å². The fourth-order valence-electron chi connectivity index (χ4n) is 2.43. The number of benzene rings is 2. The minimum atomic E-state index is -0.232. The average molecular weight is 312 g/mol. The van der Waals surface area contributed by atoms with E-state index in [9.17, 15) is 4.79 Å².